The van der Waals surface area contributed by atoms with E-state index in [-0.39, 0.29) is 5.91 Å². The van der Waals surface area contributed by atoms with E-state index in [1.165, 1.54) is 6.20 Å². The fourth-order valence-electron chi connectivity index (χ4n) is 3.03. The number of pyridine rings is 3. The molecule has 0 atom stereocenters. The van der Waals surface area contributed by atoms with E-state index < -0.39 is 5.91 Å². The number of nitrogens with zero attached hydrogens (tertiary/aromatic N) is 4. The molecule has 0 aliphatic carbocycles. The average molecular weight is 398 g/mol. The van der Waals surface area contributed by atoms with Crippen molar-refractivity contribution in [2.75, 3.05) is 16.8 Å². The lowest BCUT2D eigenvalue weighted by atomic mass is 10.1. The van der Waals surface area contributed by atoms with Crippen LogP contribution in [0.4, 0.5) is 11.4 Å². The number of hydrogen-bond acceptors (Lipinski definition) is 6. The quantitative estimate of drug-likeness (QED) is 0.682. The number of carbonyl (C=O) groups excluding carboxylic acids is 2. The number of carbonyl (C=O) groups is 2. The van der Waals surface area contributed by atoms with Gasteiger partial charge in [-0.15, -0.1) is 0 Å². The van der Waals surface area contributed by atoms with Crippen LogP contribution in [0.25, 0.3) is 5.70 Å². The molecule has 0 radical (unpaired) electrons. The number of nitrogens with two attached hydrogens (primary N) is 1. The number of amides is 2. The SMILES string of the molecule is NC(=O)C1=CC=C(c2ccc(C(=O)Nc3ccncc3)cn2)N(c2ccncc2)C1. The minimum absolute atomic E-state index is 0.264. The molecule has 1 aliphatic rings. The summed E-state index contributed by atoms with van der Waals surface area (Å²) in [6.07, 6.45) is 11.6. The van der Waals surface area contributed by atoms with E-state index in [0.29, 0.717) is 29.1 Å². The summed E-state index contributed by atoms with van der Waals surface area (Å²) in [5.74, 6) is -0.736. The van der Waals surface area contributed by atoms with Gasteiger partial charge in [0.1, 0.15) is 0 Å². The lowest BCUT2D eigenvalue weighted by Crippen LogP contribution is -2.31. The molecule has 148 valence electrons. The summed E-state index contributed by atoms with van der Waals surface area (Å²) in [7, 11) is 0. The van der Waals surface area contributed by atoms with Gasteiger partial charge in [-0.1, -0.05) is 0 Å². The van der Waals surface area contributed by atoms with Crippen molar-refractivity contribution in [1.29, 1.82) is 0 Å². The highest BCUT2D eigenvalue weighted by molar-refractivity contribution is 6.04. The van der Waals surface area contributed by atoms with Crippen LogP contribution < -0.4 is 16.0 Å². The Labute approximate surface area is 172 Å². The van der Waals surface area contributed by atoms with Crippen LogP contribution in [0.1, 0.15) is 16.1 Å². The first-order valence-electron chi connectivity index (χ1n) is 9.18. The molecule has 8 nitrogen and oxygen atoms in total. The van der Waals surface area contributed by atoms with Gasteiger partial charge in [-0.2, -0.15) is 0 Å². The van der Waals surface area contributed by atoms with E-state index in [0.717, 1.165) is 11.4 Å². The molecule has 0 fully saturated rings. The molecule has 3 aromatic rings. The molecule has 4 heterocycles. The van der Waals surface area contributed by atoms with Crippen molar-refractivity contribution in [2.45, 2.75) is 0 Å². The van der Waals surface area contributed by atoms with E-state index in [1.807, 2.05) is 17.0 Å². The average Bonchev–Trinajstić information content (AvgIpc) is 2.80. The van der Waals surface area contributed by atoms with Crippen LogP contribution in [0.2, 0.25) is 0 Å². The molecule has 0 unspecified atom stereocenters. The molecular weight excluding hydrogens is 380 g/mol. The second-order valence-electron chi connectivity index (χ2n) is 6.52. The second kappa shape index (κ2) is 8.36. The van der Waals surface area contributed by atoms with Gasteiger partial charge < -0.3 is 16.0 Å². The fraction of sp³-hybridized carbons (Fsp3) is 0.0455. The van der Waals surface area contributed by atoms with Gasteiger partial charge in [-0.3, -0.25) is 24.5 Å². The van der Waals surface area contributed by atoms with Crippen molar-refractivity contribution in [3.63, 3.8) is 0 Å². The molecule has 4 rings (SSSR count). The molecule has 0 spiro atoms. The summed E-state index contributed by atoms with van der Waals surface area (Å²) in [5.41, 5.74) is 9.33. The molecule has 8 heteroatoms. The first-order chi connectivity index (χ1) is 14.6. The summed E-state index contributed by atoms with van der Waals surface area (Å²) in [5, 5.41) is 2.80. The Hall–Kier alpha value is -4.33. The van der Waals surface area contributed by atoms with E-state index >= 15 is 0 Å². The highest BCUT2D eigenvalue weighted by atomic mass is 16.2. The zero-order valence-electron chi connectivity index (χ0n) is 15.9. The zero-order chi connectivity index (χ0) is 20.9. The molecule has 30 heavy (non-hydrogen) atoms. The van der Waals surface area contributed by atoms with Crippen molar-refractivity contribution in [2.24, 2.45) is 5.73 Å². The Morgan fingerprint density at radius 1 is 0.933 bits per heavy atom. The smallest absolute Gasteiger partial charge is 0.257 e. The minimum atomic E-state index is -0.472. The van der Waals surface area contributed by atoms with Gasteiger partial charge in [0, 0.05) is 47.9 Å². The monoisotopic (exact) mass is 398 g/mol. The number of allylic oxidation sites excluding steroid dienone is 2. The summed E-state index contributed by atoms with van der Waals surface area (Å²) in [4.78, 5) is 38.5. The normalized spacial score (nSPS) is 13.3. The Balaban J connectivity index is 1.61. The van der Waals surface area contributed by atoms with E-state index in [1.54, 1.807) is 61.2 Å². The maximum atomic E-state index is 12.4. The van der Waals surface area contributed by atoms with E-state index in [4.69, 9.17) is 5.73 Å². The van der Waals surface area contributed by atoms with Gasteiger partial charge in [0.25, 0.3) is 5.91 Å². The van der Waals surface area contributed by atoms with Crippen LogP contribution >= 0.6 is 0 Å². The lowest BCUT2D eigenvalue weighted by molar-refractivity contribution is -0.114. The van der Waals surface area contributed by atoms with E-state index in [9.17, 15) is 9.59 Å². The largest absolute Gasteiger partial charge is 0.366 e. The number of hydrogen-bond donors (Lipinski definition) is 2. The maximum absolute atomic E-state index is 12.4. The molecule has 3 N–H and O–H groups in total. The van der Waals surface area contributed by atoms with Crippen LogP contribution in [-0.2, 0) is 4.79 Å². The highest BCUT2D eigenvalue weighted by Gasteiger charge is 2.22. The molecule has 3 aromatic heterocycles. The van der Waals surface area contributed by atoms with Crippen LogP contribution in [0.3, 0.4) is 0 Å². The minimum Gasteiger partial charge on any atom is -0.366 e. The van der Waals surface area contributed by atoms with Crippen LogP contribution in [0.15, 0.2) is 85.1 Å². The van der Waals surface area contributed by atoms with Gasteiger partial charge in [0.2, 0.25) is 5.91 Å². The molecule has 0 bridgehead atoms. The van der Waals surface area contributed by atoms with Gasteiger partial charge >= 0.3 is 0 Å². The first-order valence-corrected chi connectivity index (χ1v) is 9.18. The number of anilines is 2. The molecule has 1 aliphatic heterocycles. The molecule has 0 saturated heterocycles. The van der Waals surface area contributed by atoms with Crippen molar-refractivity contribution >= 4 is 28.9 Å². The Morgan fingerprint density at radius 2 is 1.63 bits per heavy atom. The predicted octanol–water partition coefficient (Wildman–Crippen LogP) is 2.40. The summed E-state index contributed by atoms with van der Waals surface area (Å²) < 4.78 is 0. The predicted molar refractivity (Wildman–Crippen MR) is 113 cm³/mol. The van der Waals surface area contributed by atoms with Crippen LogP contribution in [0, 0.1) is 0 Å². The third kappa shape index (κ3) is 4.07. The summed E-state index contributed by atoms with van der Waals surface area (Å²) in [6, 6.07) is 10.6. The number of nitrogens with one attached hydrogen (secondary N) is 1. The van der Waals surface area contributed by atoms with Crippen molar-refractivity contribution in [3.8, 4) is 0 Å². The van der Waals surface area contributed by atoms with Gasteiger partial charge in [0.15, 0.2) is 0 Å². The van der Waals surface area contributed by atoms with Gasteiger partial charge in [0.05, 0.1) is 23.5 Å². The summed E-state index contributed by atoms with van der Waals surface area (Å²) >= 11 is 0. The van der Waals surface area contributed by atoms with Crippen LogP contribution in [-0.4, -0.2) is 33.3 Å². The zero-order valence-corrected chi connectivity index (χ0v) is 15.9. The molecule has 2 amide bonds. The van der Waals surface area contributed by atoms with Crippen molar-refractivity contribution in [1.82, 2.24) is 15.0 Å². The summed E-state index contributed by atoms with van der Waals surface area (Å²) in [6.45, 7) is 0.317. The highest BCUT2D eigenvalue weighted by Crippen LogP contribution is 2.29. The third-order valence-corrected chi connectivity index (χ3v) is 4.58. The number of primary amides is 1. The van der Waals surface area contributed by atoms with Crippen molar-refractivity contribution < 1.29 is 9.59 Å². The second-order valence-corrected chi connectivity index (χ2v) is 6.52. The van der Waals surface area contributed by atoms with E-state index in [2.05, 4.69) is 20.3 Å². The standard InChI is InChI=1S/C22H18N6O2/c23-21(29)16-2-4-20(28(14-16)18-7-11-25-12-8-18)19-3-1-15(13-26-19)22(30)27-17-5-9-24-10-6-17/h1-13H,14H2,(H2,23,29)(H,24,27,30). The Kier molecular flexibility index (Phi) is 5.29. The maximum Gasteiger partial charge on any atom is 0.257 e. The Morgan fingerprint density at radius 3 is 2.27 bits per heavy atom. The number of rotatable bonds is 5. The first kappa shape index (κ1) is 19.0. The topological polar surface area (TPSA) is 114 Å². The van der Waals surface area contributed by atoms with Gasteiger partial charge in [-0.05, 0) is 48.6 Å². The fourth-order valence-corrected chi connectivity index (χ4v) is 3.03. The van der Waals surface area contributed by atoms with Crippen LogP contribution in [0.5, 0.6) is 0 Å². The third-order valence-electron chi connectivity index (χ3n) is 4.58. The molecule has 0 aromatic carbocycles. The number of aromatic nitrogens is 3. The van der Waals surface area contributed by atoms with Crippen molar-refractivity contribution in [3.05, 3.63) is 96.4 Å². The Bertz CT molecular complexity index is 1130. The van der Waals surface area contributed by atoms with Gasteiger partial charge in [-0.25, -0.2) is 0 Å². The lowest BCUT2D eigenvalue weighted by Gasteiger charge is -2.30. The molecule has 0 saturated carbocycles. The molecular formula is C22H18N6O2.